The van der Waals surface area contributed by atoms with E-state index in [4.69, 9.17) is 9.84 Å². The molecule has 2 heterocycles. The molecule has 0 saturated heterocycles. The molecule has 2 N–H and O–H groups in total. The molecule has 0 amide bonds. The molecule has 0 unspecified atom stereocenters. The Labute approximate surface area is 108 Å². The number of aliphatic hydroxyl groups is 1. The highest BCUT2D eigenvalue weighted by Crippen LogP contribution is 2.07. The first-order chi connectivity index (χ1) is 9.19. The molecule has 0 bridgehead atoms. The standard InChI is InChI=1S/C12H15N3O4/c1-2-7-19-12(18)10-8(4-6-16)11(17)15-9(14-10)3-5-13-15/h3,5,13,16H,2,4,6-7H2,1H3. The van der Waals surface area contributed by atoms with E-state index in [0.29, 0.717) is 12.1 Å². The molecular weight excluding hydrogens is 250 g/mol. The lowest BCUT2D eigenvalue weighted by molar-refractivity contribution is 0.0496. The summed E-state index contributed by atoms with van der Waals surface area (Å²) in [6.07, 6.45) is 2.30. The van der Waals surface area contributed by atoms with Crippen molar-refractivity contribution in [2.45, 2.75) is 19.8 Å². The van der Waals surface area contributed by atoms with Gasteiger partial charge in [0.2, 0.25) is 0 Å². The van der Waals surface area contributed by atoms with Gasteiger partial charge in [0.05, 0.1) is 12.2 Å². The number of aromatic nitrogens is 3. The van der Waals surface area contributed by atoms with E-state index in [0.717, 1.165) is 0 Å². The number of ether oxygens (including phenoxy) is 1. The normalized spacial score (nSPS) is 10.8. The number of aliphatic hydroxyl groups excluding tert-OH is 1. The molecule has 0 aliphatic heterocycles. The van der Waals surface area contributed by atoms with Gasteiger partial charge in [-0.3, -0.25) is 9.89 Å². The molecule has 2 aromatic heterocycles. The van der Waals surface area contributed by atoms with Crippen LogP contribution in [0.5, 0.6) is 0 Å². The number of fused-ring (bicyclic) bond motifs is 1. The van der Waals surface area contributed by atoms with Crippen molar-refractivity contribution in [1.82, 2.24) is 14.6 Å². The number of carbonyl (C=O) groups excluding carboxylic acids is 1. The van der Waals surface area contributed by atoms with Crippen molar-refractivity contribution in [2.75, 3.05) is 13.2 Å². The third-order valence-electron chi connectivity index (χ3n) is 2.63. The molecule has 0 atom stereocenters. The summed E-state index contributed by atoms with van der Waals surface area (Å²) in [4.78, 5) is 28.2. The van der Waals surface area contributed by atoms with Gasteiger partial charge in [-0.2, -0.15) is 0 Å². The van der Waals surface area contributed by atoms with Crippen LogP contribution >= 0.6 is 0 Å². The molecule has 0 spiro atoms. The fraction of sp³-hybridized carbons (Fsp3) is 0.417. The van der Waals surface area contributed by atoms with Crippen molar-refractivity contribution in [3.05, 3.63) is 33.9 Å². The number of hydrogen-bond donors (Lipinski definition) is 2. The number of nitrogens with one attached hydrogen (secondary N) is 1. The zero-order valence-corrected chi connectivity index (χ0v) is 10.5. The Hall–Kier alpha value is -2.15. The summed E-state index contributed by atoms with van der Waals surface area (Å²) in [5.74, 6) is -0.633. The minimum atomic E-state index is -0.633. The van der Waals surface area contributed by atoms with E-state index in [1.165, 1.54) is 4.52 Å². The van der Waals surface area contributed by atoms with Crippen LogP contribution in [0.3, 0.4) is 0 Å². The SMILES string of the molecule is CCCOC(=O)c1nc2cc[nH]n2c(=O)c1CCO. The van der Waals surface area contributed by atoms with Gasteiger partial charge in [-0.25, -0.2) is 14.3 Å². The molecule has 0 aliphatic rings. The highest BCUT2D eigenvalue weighted by atomic mass is 16.5. The van der Waals surface area contributed by atoms with Crippen molar-refractivity contribution < 1.29 is 14.6 Å². The maximum Gasteiger partial charge on any atom is 0.357 e. The fourth-order valence-corrected chi connectivity index (χ4v) is 1.76. The molecule has 0 saturated carbocycles. The number of rotatable bonds is 5. The highest BCUT2D eigenvalue weighted by molar-refractivity contribution is 5.89. The van der Waals surface area contributed by atoms with E-state index in [1.54, 1.807) is 12.3 Å². The van der Waals surface area contributed by atoms with E-state index in [1.807, 2.05) is 6.92 Å². The van der Waals surface area contributed by atoms with Crippen molar-refractivity contribution in [2.24, 2.45) is 0 Å². The Balaban J connectivity index is 2.53. The highest BCUT2D eigenvalue weighted by Gasteiger charge is 2.20. The van der Waals surface area contributed by atoms with Gasteiger partial charge in [0.1, 0.15) is 0 Å². The van der Waals surface area contributed by atoms with Crippen LogP contribution in [0.2, 0.25) is 0 Å². The number of esters is 1. The summed E-state index contributed by atoms with van der Waals surface area (Å²) in [6, 6.07) is 1.58. The van der Waals surface area contributed by atoms with Crippen LogP contribution in [0.15, 0.2) is 17.1 Å². The summed E-state index contributed by atoms with van der Waals surface area (Å²) in [7, 11) is 0. The number of H-pyrrole nitrogens is 1. The van der Waals surface area contributed by atoms with Gasteiger partial charge in [0, 0.05) is 25.3 Å². The van der Waals surface area contributed by atoms with Crippen LogP contribution in [0, 0.1) is 0 Å². The molecule has 19 heavy (non-hydrogen) atoms. The van der Waals surface area contributed by atoms with Crippen molar-refractivity contribution in [1.29, 1.82) is 0 Å². The molecule has 102 valence electrons. The molecular formula is C12H15N3O4. The van der Waals surface area contributed by atoms with E-state index < -0.39 is 11.5 Å². The first kappa shape index (κ1) is 13.3. The second-order valence-electron chi connectivity index (χ2n) is 4.01. The van der Waals surface area contributed by atoms with Crippen LogP contribution in [-0.2, 0) is 11.2 Å². The lowest BCUT2D eigenvalue weighted by Gasteiger charge is -2.07. The first-order valence-electron chi connectivity index (χ1n) is 6.06. The minimum absolute atomic E-state index is 0.0212. The van der Waals surface area contributed by atoms with Gasteiger partial charge < -0.3 is 9.84 Å². The monoisotopic (exact) mass is 265 g/mol. The van der Waals surface area contributed by atoms with Crippen molar-refractivity contribution in [3.8, 4) is 0 Å². The maximum atomic E-state index is 12.2. The van der Waals surface area contributed by atoms with Crippen LogP contribution in [0.1, 0.15) is 29.4 Å². The van der Waals surface area contributed by atoms with Crippen molar-refractivity contribution in [3.63, 3.8) is 0 Å². The summed E-state index contributed by atoms with van der Waals surface area (Å²) >= 11 is 0. The molecule has 0 fully saturated rings. The first-order valence-corrected chi connectivity index (χ1v) is 6.06. The largest absolute Gasteiger partial charge is 0.461 e. The second kappa shape index (κ2) is 5.66. The van der Waals surface area contributed by atoms with Gasteiger partial charge in [0.15, 0.2) is 11.3 Å². The molecule has 0 aliphatic carbocycles. The number of carbonyl (C=O) groups is 1. The van der Waals surface area contributed by atoms with Crippen LogP contribution in [-0.4, -0.2) is 38.9 Å². The zero-order chi connectivity index (χ0) is 13.8. The Morgan fingerprint density at radius 2 is 2.37 bits per heavy atom. The third-order valence-corrected chi connectivity index (χ3v) is 2.63. The topological polar surface area (TPSA) is 96.7 Å². The maximum absolute atomic E-state index is 12.2. The molecule has 0 radical (unpaired) electrons. The average Bonchev–Trinajstić information content (AvgIpc) is 2.87. The summed E-state index contributed by atoms with van der Waals surface area (Å²) in [5.41, 5.74) is 0.0817. The zero-order valence-electron chi connectivity index (χ0n) is 10.5. The molecule has 2 aromatic rings. The Kier molecular flexibility index (Phi) is 3.96. The number of nitrogens with zero attached hydrogens (tertiary/aromatic N) is 2. The molecule has 2 rings (SSSR count). The average molecular weight is 265 g/mol. The third kappa shape index (κ3) is 2.50. The minimum Gasteiger partial charge on any atom is -0.461 e. The predicted octanol–water partition coefficient (Wildman–Crippen LogP) is 0.124. The fourth-order valence-electron chi connectivity index (χ4n) is 1.76. The van der Waals surface area contributed by atoms with Gasteiger partial charge in [-0.1, -0.05) is 6.92 Å². The van der Waals surface area contributed by atoms with Gasteiger partial charge in [-0.15, -0.1) is 0 Å². The van der Waals surface area contributed by atoms with Gasteiger partial charge >= 0.3 is 5.97 Å². The van der Waals surface area contributed by atoms with E-state index in [2.05, 4.69) is 10.1 Å². The van der Waals surface area contributed by atoms with Gasteiger partial charge in [0.25, 0.3) is 5.56 Å². The quantitative estimate of drug-likeness (QED) is 0.749. The molecule has 7 nitrogen and oxygen atoms in total. The number of hydrogen-bond acceptors (Lipinski definition) is 5. The van der Waals surface area contributed by atoms with Gasteiger partial charge in [-0.05, 0) is 6.42 Å². The van der Waals surface area contributed by atoms with E-state index in [9.17, 15) is 9.59 Å². The Morgan fingerprint density at radius 3 is 3.05 bits per heavy atom. The van der Waals surface area contributed by atoms with Crippen molar-refractivity contribution >= 4 is 11.6 Å². The summed E-state index contributed by atoms with van der Waals surface area (Å²) in [6.45, 7) is 1.91. The number of aromatic amines is 1. The second-order valence-corrected chi connectivity index (χ2v) is 4.01. The smallest absolute Gasteiger partial charge is 0.357 e. The summed E-state index contributed by atoms with van der Waals surface area (Å²) < 4.78 is 6.23. The van der Waals surface area contributed by atoms with Crippen LogP contribution < -0.4 is 5.56 Å². The molecule has 7 heteroatoms. The predicted molar refractivity (Wildman–Crippen MR) is 67.2 cm³/mol. The molecule has 0 aromatic carbocycles. The van der Waals surface area contributed by atoms with E-state index >= 15 is 0 Å². The van der Waals surface area contributed by atoms with E-state index in [-0.39, 0.29) is 30.9 Å². The lowest BCUT2D eigenvalue weighted by atomic mass is 10.1. The summed E-state index contributed by atoms with van der Waals surface area (Å²) in [5, 5.41) is 11.7. The Morgan fingerprint density at radius 1 is 1.58 bits per heavy atom. The Bertz CT molecular complexity index is 644. The lowest BCUT2D eigenvalue weighted by Crippen LogP contribution is -2.26. The van der Waals surface area contributed by atoms with Crippen LogP contribution in [0.25, 0.3) is 5.65 Å². The van der Waals surface area contributed by atoms with Crippen LogP contribution in [0.4, 0.5) is 0 Å².